The van der Waals surface area contributed by atoms with Crippen LogP contribution in [-0.4, -0.2) is 23.7 Å². The van der Waals surface area contributed by atoms with E-state index in [1.54, 1.807) is 11.3 Å². The highest BCUT2D eigenvalue weighted by atomic mass is 79.9. The number of rotatable bonds is 5. The lowest BCUT2D eigenvalue weighted by atomic mass is 9.82. The van der Waals surface area contributed by atoms with Crippen molar-refractivity contribution >= 4 is 39.3 Å². The van der Waals surface area contributed by atoms with Crippen LogP contribution < -0.4 is 10.6 Å². The molecule has 1 aliphatic carbocycles. The molecule has 2 rings (SSSR count). The molecule has 21 heavy (non-hydrogen) atoms. The molecule has 0 spiro atoms. The Kier molecular flexibility index (Phi) is 6.05. The SMILES string of the molecule is O=C(NCc1cc(Br)cs1)NCC1CCC(C(=O)O)CC1. The fourth-order valence-electron chi connectivity index (χ4n) is 2.53. The van der Waals surface area contributed by atoms with Crippen LogP contribution in [0.2, 0.25) is 0 Å². The van der Waals surface area contributed by atoms with Gasteiger partial charge in [0.1, 0.15) is 0 Å². The Morgan fingerprint density at radius 2 is 2.00 bits per heavy atom. The summed E-state index contributed by atoms with van der Waals surface area (Å²) in [4.78, 5) is 23.7. The second-order valence-electron chi connectivity index (χ2n) is 5.35. The number of carboxylic acids is 1. The number of carbonyl (C=O) groups excluding carboxylic acids is 1. The van der Waals surface area contributed by atoms with Crippen molar-refractivity contribution in [3.63, 3.8) is 0 Å². The molecule has 2 amide bonds. The van der Waals surface area contributed by atoms with Gasteiger partial charge in [-0.3, -0.25) is 4.79 Å². The number of thiophene rings is 1. The Balaban J connectivity index is 1.62. The number of halogens is 1. The van der Waals surface area contributed by atoms with E-state index in [-0.39, 0.29) is 11.9 Å². The highest BCUT2D eigenvalue weighted by molar-refractivity contribution is 9.10. The Morgan fingerprint density at radius 1 is 1.29 bits per heavy atom. The molecule has 1 aliphatic rings. The topological polar surface area (TPSA) is 78.4 Å². The number of urea groups is 1. The standard InChI is InChI=1S/C14H19BrN2O3S/c15-11-5-12(21-8-11)7-17-14(20)16-6-9-1-3-10(4-2-9)13(18)19/h5,8-10H,1-4,6-7H2,(H,18,19)(H2,16,17,20). The number of hydrogen-bond acceptors (Lipinski definition) is 3. The van der Waals surface area contributed by atoms with Gasteiger partial charge in [-0.25, -0.2) is 4.79 Å². The van der Waals surface area contributed by atoms with Crippen LogP contribution in [0.1, 0.15) is 30.6 Å². The van der Waals surface area contributed by atoms with Crippen LogP contribution in [0.4, 0.5) is 4.79 Å². The third-order valence-corrected chi connectivity index (χ3v) is 5.49. The summed E-state index contributed by atoms with van der Waals surface area (Å²) in [6.07, 6.45) is 3.17. The maximum Gasteiger partial charge on any atom is 0.315 e. The molecular formula is C14H19BrN2O3S. The minimum atomic E-state index is -0.693. The van der Waals surface area contributed by atoms with Crippen molar-refractivity contribution < 1.29 is 14.7 Å². The van der Waals surface area contributed by atoms with E-state index in [1.165, 1.54) is 0 Å². The number of hydrogen-bond donors (Lipinski definition) is 3. The molecule has 1 heterocycles. The Morgan fingerprint density at radius 3 is 2.57 bits per heavy atom. The van der Waals surface area contributed by atoms with E-state index < -0.39 is 5.97 Å². The zero-order valence-electron chi connectivity index (χ0n) is 11.6. The van der Waals surface area contributed by atoms with Gasteiger partial charge in [0.05, 0.1) is 12.5 Å². The summed E-state index contributed by atoms with van der Waals surface area (Å²) in [6.45, 7) is 1.14. The van der Waals surface area contributed by atoms with Crippen molar-refractivity contribution in [1.29, 1.82) is 0 Å². The fourth-order valence-corrected chi connectivity index (χ4v) is 3.92. The van der Waals surface area contributed by atoms with Crippen molar-refractivity contribution in [3.8, 4) is 0 Å². The zero-order chi connectivity index (χ0) is 15.2. The van der Waals surface area contributed by atoms with E-state index in [9.17, 15) is 9.59 Å². The van der Waals surface area contributed by atoms with Crippen LogP contribution in [0.15, 0.2) is 15.9 Å². The molecule has 0 unspecified atom stereocenters. The Labute approximate surface area is 136 Å². The molecule has 5 nitrogen and oxygen atoms in total. The highest BCUT2D eigenvalue weighted by Gasteiger charge is 2.25. The van der Waals surface area contributed by atoms with E-state index in [4.69, 9.17) is 5.11 Å². The number of carbonyl (C=O) groups is 2. The lowest BCUT2D eigenvalue weighted by Crippen LogP contribution is -2.38. The molecule has 116 valence electrons. The van der Waals surface area contributed by atoms with Crippen LogP contribution in [0, 0.1) is 11.8 Å². The molecule has 1 aromatic rings. The maximum absolute atomic E-state index is 11.7. The molecule has 0 bridgehead atoms. The Hall–Kier alpha value is -1.08. The first kappa shape index (κ1) is 16.3. The maximum atomic E-state index is 11.7. The number of nitrogens with one attached hydrogen (secondary N) is 2. The van der Waals surface area contributed by atoms with Crippen molar-refractivity contribution in [2.75, 3.05) is 6.54 Å². The molecule has 0 atom stereocenters. The van der Waals surface area contributed by atoms with Crippen LogP contribution in [0.3, 0.4) is 0 Å². The van der Waals surface area contributed by atoms with E-state index in [2.05, 4.69) is 26.6 Å². The molecule has 7 heteroatoms. The second kappa shape index (κ2) is 7.79. The Bertz CT molecular complexity index is 498. The lowest BCUT2D eigenvalue weighted by Gasteiger charge is -2.26. The van der Waals surface area contributed by atoms with Crippen molar-refractivity contribution in [1.82, 2.24) is 10.6 Å². The average Bonchev–Trinajstić information content (AvgIpc) is 2.89. The number of carboxylic acid groups (broad SMARTS) is 1. The second-order valence-corrected chi connectivity index (χ2v) is 7.26. The quantitative estimate of drug-likeness (QED) is 0.740. The highest BCUT2D eigenvalue weighted by Crippen LogP contribution is 2.28. The molecule has 1 fully saturated rings. The molecule has 0 aromatic carbocycles. The largest absolute Gasteiger partial charge is 0.481 e. The van der Waals surface area contributed by atoms with Crippen molar-refractivity contribution in [2.24, 2.45) is 11.8 Å². The third-order valence-electron chi connectivity index (χ3n) is 3.79. The summed E-state index contributed by atoms with van der Waals surface area (Å²) >= 11 is 4.97. The van der Waals surface area contributed by atoms with Crippen molar-refractivity contribution in [2.45, 2.75) is 32.2 Å². The van der Waals surface area contributed by atoms with Gasteiger partial charge in [0.2, 0.25) is 0 Å². The van der Waals surface area contributed by atoms with Gasteiger partial charge in [0, 0.05) is 21.3 Å². The van der Waals surface area contributed by atoms with E-state index in [1.807, 2.05) is 11.4 Å². The number of amides is 2. The third kappa shape index (κ3) is 5.32. The molecule has 3 N–H and O–H groups in total. The molecule has 0 aliphatic heterocycles. The van der Waals surface area contributed by atoms with Gasteiger partial charge in [-0.2, -0.15) is 0 Å². The summed E-state index contributed by atoms with van der Waals surface area (Å²) in [7, 11) is 0. The van der Waals surface area contributed by atoms with Crippen LogP contribution in [0.5, 0.6) is 0 Å². The molecule has 1 saturated carbocycles. The molecule has 0 radical (unpaired) electrons. The summed E-state index contributed by atoms with van der Waals surface area (Å²) in [6, 6.07) is 1.82. The predicted molar refractivity (Wildman–Crippen MR) is 85.3 cm³/mol. The van der Waals surface area contributed by atoms with Crippen LogP contribution in [0.25, 0.3) is 0 Å². The summed E-state index contributed by atoms with van der Waals surface area (Å²) in [5.74, 6) is -0.504. The molecular weight excluding hydrogens is 356 g/mol. The first-order chi connectivity index (χ1) is 10.0. The van der Waals surface area contributed by atoms with Gasteiger partial charge in [0.25, 0.3) is 0 Å². The normalized spacial score (nSPS) is 21.8. The monoisotopic (exact) mass is 374 g/mol. The van der Waals surface area contributed by atoms with Gasteiger partial charge in [-0.1, -0.05) is 0 Å². The van der Waals surface area contributed by atoms with Crippen molar-refractivity contribution in [3.05, 3.63) is 20.8 Å². The van der Waals surface area contributed by atoms with Gasteiger partial charge in [-0.15, -0.1) is 11.3 Å². The average molecular weight is 375 g/mol. The summed E-state index contributed by atoms with van der Waals surface area (Å²) < 4.78 is 1.03. The van der Waals surface area contributed by atoms with Crippen LogP contribution >= 0.6 is 27.3 Å². The van der Waals surface area contributed by atoms with Gasteiger partial charge in [0.15, 0.2) is 0 Å². The van der Waals surface area contributed by atoms with E-state index >= 15 is 0 Å². The van der Waals surface area contributed by atoms with Gasteiger partial charge >= 0.3 is 12.0 Å². The first-order valence-corrected chi connectivity index (χ1v) is 8.69. The first-order valence-electron chi connectivity index (χ1n) is 7.02. The van der Waals surface area contributed by atoms with Crippen LogP contribution in [-0.2, 0) is 11.3 Å². The fraction of sp³-hybridized carbons (Fsp3) is 0.571. The summed E-state index contributed by atoms with van der Waals surface area (Å²) in [5, 5.41) is 16.6. The summed E-state index contributed by atoms with van der Waals surface area (Å²) in [5.41, 5.74) is 0. The number of aliphatic carboxylic acids is 1. The smallest absolute Gasteiger partial charge is 0.315 e. The van der Waals surface area contributed by atoms with E-state index in [0.717, 1.165) is 22.2 Å². The van der Waals surface area contributed by atoms with Gasteiger partial charge < -0.3 is 15.7 Å². The minimum absolute atomic E-state index is 0.167. The minimum Gasteiger partial charge on any atom is -0.481 e. The van der Waals surface area contributed by atoms with Gasteiger partial charge in [-0.05, 0) is 53.6 Å². The molecule has 0 saturated heterocycles. The predicted octanol–water partition coefficient (Wildman–Crippen LogP) is 3.20. The zero-order valence-corrected chi connectivity index (χ0v) is 14.0. The van der Waals surface area contributed by atoms with E-state index in [0.29, 0.717) is 31.8 Å². The molecule has 1 aromatic heterocycles. The lowest BCUT2D eigenvalue weighted by molar-refractivity contribution is -0.143.